The second-order valence-corrected chi connectivity index (χ2v) is 6.91. The molecule has 0 bridgehead atoms. The molecular formula is C25H23N. The van der Waals surface area contributed by atoms with E-state index in [4.69, 9.17) is 0 Å². The van der Waals surface area contributed by atoms with Crippen molar-refractivity contribution in [3.8, 4) is 11.1 Å². The van der Waals surface area contributed by atoms with Crippen LogP contribution >= 0.6 is 0 Å². The zero-order valence-corrected chi connectivity index (χ0v) is 15.3. The van der Waals surface area contributed by atoms with E-state index < -0.39 is 0 Å². The molecule has 4 aromatic rings. The molecule has 0 aliphatic heterocycles. The van der Waals surface area contributed by atoms with Crippen LogP contribution in [0.15, 0.2) is 97.1 Å². The average Bonchev–Trinajstić information content (AvgIpc) is 2.69. The molecule has 0 saturated heterocycles. The lowest BCUT2D eigenvalue weighted by Crippen LogP contribution is -2.25. The second kappa shape index (κ2) is 7.05. The van der Waals surface area contributed by atoms with E-state index in [1.54, 1.807) is 0 Å². The minimum atomic E-state index is 0.393. The largest absolute Gasteiger partial charge is 0.339 e. The highest BCUT2D eigenvalue weighted by Crippen LogP contribution is 2.31. The maximum atomic E-state index is 2.37. The van der Waals surface area contributed by atoms with Gasteiger partial charge in [0.25, 0.3) is 0 Å². The molecule has 4 rings (SSSR count). The van der Waals surface area contributed by atoms with Gasteiger partial charge in [-0.3, -0.25) is 0 Å². The van der Waals surface area contributed by atoms with Crippen LogP contribution in [0, 0.1) is 0 Å². The van der Waals surface area contributed by atoms with Gasteiger partial charge in [-0.1, -0.05) is 66.7 Å². The highest BCUT2D eigenvalue weighted by Gasteiger charge is 2.12. The Kier molecular flexibility index (Phi) is 4.45. The van der Waals surface area contributed by atoms with E-state index >= 15 is 0 Å². The Morgan fingerprint density at radius 1 is 0.538 bits per heavy atom. The van der Waals surface area contributed by atoms with Crippen LogP contribution in [0.2, 0.25) is 0 Å². The van der Waals surface area contributed by atoms with Crippen molar-refractivity contribution in [3.05, 3.63) is 97.1 Å². The molecule has 0 fully saturated rings. The van der Waals surface area contributed by atoms with Gasteiger partial charge in [0.15, 0.2) is 0 Å². The molecule has 0 amide bonds. The standard InChI is InChI=1S/C25H23N/c1-19(2)26(24-10-4-3-5-11-24)25-16-14-21(15-17-25)23-13-12-20-8-6-7-9-22(20)18-23/h3-19H,1-2H3. The summed E-state index contributed by atoms with van der Waals surface area (Å²) in [5.74, 6) is 0. The third kappa shape index (κ3) is 3.21. The van der Waals surface area contributed by atoms with Gasteiger partial charge in [0.2, 0.25) is 0 Å². The quantitative estimate of drug-likeness (QED) is 0.385. The summed E-state index contributed by atoms with van der Waals surface area (Å²) in [6.07, 6.45) is 0. The first kappa shape index (κ1) is 16.4. The summed E-state index contributed by atoms with van der Waals surface area (Å²) < 4.78 is 0. The molecule has 26 heavy (non-hydrogen) atoms. The number of hydrogen-bond acceptors (Lipinski definition) is 1. The van der Waals surface area contributed by atoms with Gasteiger partial charge < -0.3 is 4.90 Å². The third-order valence-corrected chi connectivity index (χ3v) is 4.78. The molecule has 0 aliphatic carbocycles. The molecule has 0 heterocycles. The zero-order chi connectivity index (χ0) is 17.9. The van der Waals surface area contributed by atoms with Crippen molar-refractivity contribution in [2.45, 2.75) is 19.9 Å². The van der Waals surface area contributed by atoms with Crippen LogP contribution in [0.25, 0.3) is 21.9 Å². The fourth-order valence-corrected chi connectivity index (χ4v) is 3.52. The fraction of sp³-hybridized carbons (Fsp3) is 0.120. The fourth-order valence-electron chi connectivity index (χ4n) is 3.52. The van der Waals surface area contributed by atoms with Crippen LogP contribution in [0.1, 0.15) is 13.8 Å². The summed E-state index contributed by atoms with van der Waals surface area (Å²) in [5.41, 5.74) is 4.94. The molecule has 0 aromatic heterocycles. The molecule has 0 unspecified atom stereocenters. The lowest BCUT2D eigenvalue weighted by atomic mass is 10.0. The van der Waals surface area contributed by atoms with E-state index in [0.717, 1.165) is 0 Å². The molecule has 0 saturated carbocycles. The van der Waals surface area contributed by atoms with Crippen LogP contribution < -0.4 is 4.90 Å². The summed E-state index contributed by atoms with van der Waals surface area (Å²) in [6.45, 7) is 4.45. The first-order valence-electron chi connectivity index (χ1n) is 9.16. The van der Waals surface area contributed by atoms with Crippen LogP contribution in [0.4, 0.5) is 11.4 Å². The van der Waals surface area contributed by atoms with Gasteiger partial charge in [-0.05, 0) is 66.1 Å². The summed E-state index contributed by atoms with van der Waals surface area (Å²) in [5, 5.41) is 2.56. The van der Waals surface area contributed by atoms with Crippen LogP contribution in [0.3, 0.4) is 0 Å². The molecule has 128 valence electrons. The van der Waals surface area contributed by atoms with Gasteiger partial charge in [0.1, 0.15) is 0 Å². The number of hydrogen-bond donors (Lipinski definition) is 0. The zero-order valence-electron chi connectivity index (χ0n) is 15.3. The summed E-state index contributed by atoms with van der Waals surface area (Å²) in [7, 11) is 0. The van der Waals surface area contributed by atoms with E-state index in [-0.39, 0.29) is 0 Å². The van der Waals surface area contributed by atoms with E-state index in [9.17, 15) is 0 Å². The highest BCUT2D eigenvalue weighted by molar-refractivity contribution is 5.87. The molecule has 1 heteroatoms. The Morgan fingerprint density at radius 2 is 1.12 bits per heavy atom. The molecular weight excluding hydrogens is 314 g/mol. The number of fused-ring (bicyclic) bond motifs is 1. The number of benzene rings is 4. The summed E-state index contributed by atoms with van der Waals surface area (Å²) in [6, 6.07) is 35.0. The smallest absolute Gasteiger partial charge is 0.0413 e. The first-order chi connectivity index (χ1) is 12.7. The molecule has 0 aliphatic rings. The van der Waals surface area contributed by atoms with Gasteiger partial charge in [-0.15, -0.1) is 0 Å². The normalized spacial score (nSPS) is 11.0. The number of nitrogens with zero attached hydrogens (tertiary/aromatic N) is 1. The first-order valence-corrected chi connectivity index (χ1v) is 9.16. The summed E-state index contributed by atoms with van der Waals surface area (Å²) in [4.78, 5) is 2.37. The maximum absolute atomic E-state index is 2.37. The van der Waals surface area contributed by atoms with Crippen molar-refractivity contribution < 1.29 is 0 Å². The van der Waals surface area contributed by atoms with Crippen molar-refractivity contribution in [1.82, 2.24) is 0 Å². The van der Waals surface area contributed by atoms with Crippen molar-refractivity contribution in [2.75, 3.05) is 4.90 Å². The van der Waals surface area contributed by atoms with Crippen LogP contribution in [-0.2, 0) is 0 Å². The maximum Gasteiger partial charge on any atom is 0.0413 e. The molecule has 4 aromatic carbocycles. The van der Waals surface area contributed by atoms with Gasteiger partial charge in [-0.2, -0.15) is 0 Å². The van der Waals surface area contributed by atoms with Gasteiger partial charge >= 0.3 is 0 Å². The Hall–Kier alpha value is -3.06. The number of anilines is 2. The Bertz CT molecular complexity index is 1000. The predicted molar refractivity (Wildman–Crippen MR) is 113 cm³/mol. The van der Waals surface area contributed by atoms with Crippen molar-refractivity contribution >= 4 is 22.1 Å². The minimum absolute atomic E-state index is 0.393. The van der Waals surface area contributed by atoms with E-state index in [1.165, 1.54) is 33.3 Å². The van der Waals surface area contributed by atoms with Crippen molar-refractivity contribution in [3.63, 3.8) is 0 Å². The topological polar surface area (TPSA) is 3.24 Å². The van der Waals surface area contributed by atoms with Crippen molar-refractivity contribution in [2.24, 2.45) is 0 Å². The van der Waals surface area contributed by atoms with Crippen LogP contribution in [0.5, 0.6) is 0 Å². The van der Waals surface area contributed by atoms with Gasteiger partial charge in [-0.25, -0.2) is 0 Å². The van der Waals surface area contributed by atoms with E-state index in [2.05, 4.69) is 116 Å². The highest BCUT2D eigenvalue weighted by atomic mass is 15.2. The van der Waals surface area contributed by atoms with E-state index in [1.807, 2.05) is 0 Å². The second-order valence-electron chi connectivity index (χ2n) is 6.91. The van der Waals surface area contributed by atoms with E-state index in [0.29, 0.717) is 6.04 Å². The molecule has 0 spiro atoms. The van der Waals surface area contributed by atoms with Crippen molar-refractivity contribution in [1.29, 1.82) is 0 Å². The van der Waals surface area contributed by atoms with Gasteiger partial charge in [0.05, 0.1) is 0 Å². The molecule has 0 radical (unpaired) electrons. The molecule has 1 nitrogen and oxygen atoms in total. The SMILES string of the molecule is CC(C)N(c1ccccc1)c1ccc(-c2ccc3ccccc3c2)cc1. The number of para-hydroxylation sites is 1. The molecule has 0 N–H and O–H groups in total. The van der Waals surface area contributed by atoms with Gasteiger partial charge in [0, 0.05) is 17.4 Å². The minimum Gasteiger partial charge on any atom is -0.339 e. The summed E-state index contributed by atoms with van der Waals surface area (Å²) >= 11 is 0. The lowest BCUT2D eigenvalue weighted by Gasteiger charge is -2.29. The van der Waals surface area contributed by atoms with Crippen LogP contribution in [-0.4, -0.2) is 6.04 Å². The number of rotatable bonds is 4. The predicted octanol–water partition coefficient (Wildman–Crippen LogP) is 7.05. The Morgan fingerprint density at radius 3 is 1.81 bits per heavy atom. The molecule has 0 atom stereocenters. The average molecular weight is 337 g/mol. The Balaban J connectivity index is 1.69. The lowest BCUT2D eigenvalue weighted by molar-refractivity contribution is 0.789. The third-order valence-electron chi connectivity index (χ3n) is 4.78. The monoisotopic (exact) mass is 337 g/mol. The Labute approximate surface area is 155 Å².